The van der Waals surface area contributed by atoms with Crippen molar-refractivity contribution in [2.45, 2.75) is 13.8 Å². The van der Waals surface area contributed by atoms with Gasteiger partial charge in [0, 0.05) is 44.2 Å². The van der Waals surface area contributed by atoms with Crippen LogP contribution >= 0.6 is 0 Å². The Morgan fingerprint density at radius 2 is 0.652 bits per heavy atom. The molecule has 0 aliphatic rings. The molecule has 3 heterocycles. The van der Waals surface area contributed by atoms with E-state index in [9.17, 15) is 0 Å². The molecule has 0 saturated heterocycles. The smallest absolute Gasteiger partial charge is 0.160 e. The zero-order valence-electron chi connectivity index (χ0n) is 38.3. The third-order valence-electron chi connectivity index (χ3n) is 12.9. The van der Waals surface area contributed by atoms with Gasteiger partial charge in [0.2, 0.25) is 0 Å². The standard InChI is InChI=1S/C64H45N5/c1-42-17-15-27-48(35-42)50-29-32-53-54-33-30-51(49-28-16-18-43(2)36-49)39-62(54)69(61(53)38-50)60-34-31-52(64-66-56(44-19-7-3-8-20-44)40-57(67-64)45-21-9-4-10-22-45)37-55(60)59-41-58(46-23-11-5-12-24-46)65-63(68-59)47-25-13-6-14-26-47/h3-41H,1-2H3. The molecule has 0 amide bonds. The third kappa shape index (κ3) is 8.06. The van der Waals surface area contributed by atoms with E-state index in [1.54, 1.807) is 0 Å². The highest BCUT2D eigenvalue weighted by Gasteiger charge is 2.22. The molecule has 326 valence electrons. The predicted molar refractivity (Wildman–Crippen MR) is 285 cm³/mol. The van der Waals surface area contributed by atoms with E-state index in [-0.39, 0.29) is 0 Å². The summed E-state index contributed by atoms with van der Waals surface area (Å²) in [5.74, 6) is 1.26. The van der Waals surface area contributed by atoms with Crippen molar-refractivity contribution in [3.63, 3.8) is 0 Å². The summed E-state index contributed by atoms with van der Waals surface area (Å²) in [5.41, 5.74) is 19.3. The quantitative estimate of drug-likeness (QED) is 0.145. The van der Waals surface area contributed by atoms with Crippen LogP contribution in [0.3, 0.4) is 0 Å². The lowest BCUT2D eigenvalue weighted by atomic mass is 10.0. The fraction of sp³-hybridized carbons (Fsp3) is 0.0312. The predicted octanol–water partition coefficient (Wildman–Crippen LogP) is 16.3. The number of aromatic nitrogens is 5. The minimum absolute atomic E-state index is 0.620. The first kappa shape index (κ1) is 41.4. The summed E-state index contributed by atoms with van der Waals surface area (Å²) >= 11 is 0. The summed E-state index contributed by atoms with van der Waals surface area (Å²) in [6, 6.07) is 83.4. The van der Waals surface area contributed by atoms with Crippen LogP contribution in [-0.4, -0.2) is 24.5 Å². The van der Waals surface area contributed by atoms with Gasteiger partial charge in [0.1, 0.15) is 0 Å². The zero-order chi connectivity index (χ0) is 46.3. The molecule has 0 spiro atoms. The normalized spacial score (nSPS) is 11.3. The Morgan fingerprint density at radius 3 is 1.12 bits per heavy atom. The van der Waals surface area contributed by atoms with Gasteiger partial charge in [-0.3, -0.25) is 0 Å². The van der Waals surface area contributed by atoms with Crippen molar-refractivity contribution in [3.8, 4) is 95.7 Å². The number of nitrogens with zero attached hydrogens (tertiary/aromatic N) is 5. The van der Waals surface area contributed by atoms with Crippen molar-refractivity contribution in [2.24, 2.45) is 0 Å². The van der Waals surface area contributed by atoms with Crippen molar-refractivity contribution in [1.29, 1.82) is 0 Å². The molecule has 0 radical (unpaired) electrons. The molecule has 0 bridgehead atoms. The molecule has 12 rings (SSSR count). The van der Waals surface area contributed by atoms with Crippen LogP contribution in [-0.2, 0) is 0 Å². The molecule has 0 aliphatic heterocycles. The van der Waals surface area contributed by atoms with E-state index in [1.807, 2.05) is 36.4 Å². The third-order valence-corrected chi connectivity index (χ3v) is 12.9. The Kier molecular flexibility index (Phi) is 10.6. The van der Waals surface area contributed by atoms with Gasteiger partial charge in [0.05, 0.1) is 39.5 Å². The summed E-state index contributed by atoms with van der Waals surface area (Å²) in [6.07, 6.45) is 0. The van der Waals surface area contributed by atoms with Crippen LogP contribution in [0, 0.1) is 13.8 Å². The molecule has 0 unspecified atom stereocenters. The average molecular weight is 884 g/mol. The van der Waals surface area contributed by atoms with Crippen LogP contribution < -0.4 is 0 Å². The van der Waals surface area contributed by atoms with E-state index in [1.165, 1.54) is 22.3 Å². The van der Waals surface area contributed by atoms with Gasteiger partial charge in [-0.15, -0.1) is 0 Å². The van der Waals surface area contributed by atoms with Crippen LogP contribution in [0.2, 0.25) is 0 Å². The van der Waals surface area contributed by atoms with E-state index in [0.717, 1.165) is 94.8 Å². The highest BCUT2D eigenvalue weighted by atomic mass is 15.0. The number of hydrogen-bond donors (Lipinski definition) is 0. The molecule has 0 atom stereocenters. The number of hydrogen-bond acceptors (Lipinski definition) is 4. The van der Waals surface area contributed by atoms with Crippen molar-refractivity contribution >= 4 is 21.8 Å². The van der Waals surface area contributed by atoms with Crippen molar-refractivity contribution in [2.75, 3.05) is 0 Å². The lowest BCUT2D eigenvalue weighted by molar-refractivity contribution is 1.14. The number of fused-ring (bicyclic) bond motifs is 3. The zero-order valence-corrected chi connectivity index (χ0v) is 38.3. The first-order chi connectivity index (χ1) is 34.0. The molecule has 69 heavy (non-hydrogen) atoms. The number of aryl methyl sites for hydroxylation is 2. The van der Waals surface area contributed by atoms with Crippen LogP contribution in [0.5, 0.6) is 0 Å². The van der Waals surface area contributed by atoms with E-state index in [4.69, 9.17) is 19.9 Å². The fourth-order valence-corrected chi connectivity index (χ4v) is 9.51. The van der Waals surface area contributed by atoms with Crippen LogP contribution in [0.1, 0.15) is 11.1 Å². The summed E-state index contributed by atoms with van der Waals surface area (Å²) in [7, 11) is 0. The van der Waals surface area contributed by atoms with Gasteiger partial charge in [-0.25, -0.2) is 19.9 Å². The molecular weight excluding hydrogens is 839 g/mol. The molecule has 0 N–H and O–H groups in total. The average Bonchev–Trinajstić information content (AvgIpc) is 3.74. The fourth-order valence-electron chi connectivity index (χ4n) is 9.51. The molecule has 0 fully saturated rings. The van der Waals surface area contributed by atoms with E-state index < -0.39 is 0 Å². The lowest BCUT2D eigenvalue weighted by Gasteiger charge is -2.18. The van der Waals surface area contributed by atoms with E-state index in [2.05, 4.69) is 219 Å². The highest BCUT2D eigenvalue weighted by Crippen LogP contribution is 2.42. The van der Waals surface area contributed by atoms with Gasteiger partial charge in [0.25, 0.3) is 0 Å². The van der Waals surface area contributed by atoms with Crippen LogP contribution in [0.15, 0.2) is 237 Å². The van der Waals surface area contributed by atoms with Gasteiger partial charge in [-0.05, 0) is 78.6 Å². The van der Waals surface area contributed by atoms with Gasteiger partial charge >= 0.3 is 0 Å². The Balaban J connectivity index is 1.18. The largest absolute Gasteiger partial charge is 0.309 e. The molecule has 12 aromatic rings. The summed E-state index contributed by atoms with van der Waals surface area (Å²) < 4.78 is 2.44. The van der Waals surface area contributed by atoms with Crippen LogP contribution in [0.25, 0.3) is 118 Å². The first-order valence-electron chi connectivity index (χ1n) is 23.4. The minimum atomic E-state index is 0.620. The molecule has 0 saturated carbocycles. The maximum absolute atomic E-state index is 5.48. The molecule has 5 nitrogen and oxygen atoms in total. The Labute approximate surface area is 401 Å². The van der Waals surface area contributed by atoms with E-state index in [0.29, 0.717) is 11.6 Å². The van der Waals surface area contributed by atoms with Gasteiger partial charge in [0.15, 0.2) is 11.6 Å². The Hall–Kier alpha value is -9.06. The van der Waals surface area contributed by atoms with Crippen molar-refractivity contribution in [1.82, 2.24) is 24.5 Å². The Morgan fingerprint density at radius 1 is 0.275 bits per heavy atom. The number of benzene rings is 9. The van der Waals surface area contributed by atoms with Crippen molar-refractivity contribution < 1.29 is 0 Å². The molecule has 0 aliphatic carbocycles. The second-order valence-corrected chi connectivity index (χ2v) is 17.7. The van der Waals surface area contributed by atoms with E-state index >= 15 is 0 Å². The molecule has 3 aromatic heterocycles. The molecule has 5 heteroatoms. The lowest BCUT2D eigenvalue weighted by Crippen LogP contribution is -2.02. The first-order valence-corrected chi connectivity index (χ1v) is 23.4. The van der Waals surface area contributed by atoms with Crippen LogP contribution in [0.4, 0.5) is 0 Å². The monoisotopic (exact) mass is 883 g/mol. The second-order valence-electron chi connectivity index (χ2n) is 17.7. The maximum atomic E-state index is 5.48. The number of rotatable bonds is 9. The summed E-state index contributed by atoms with van der Waals surface area (Å²) in [6.45, 7) is 4.30. The second kappa shape index (κ2) is 17.6. The maximum Gasteiger partial charge on any atom is 0.160 e. The summed E-state index contributed by atoms with van der Waals surface area (Å²) in [5, 5.41) is 2.33. The van der Waals surface area contributed by atoms with Gasteiger partial charge in [-0.2, -0.15) is 0 Å². The SMILES string of the molecule is Cc1cccc(-c2ccc3c4ccc(-c5cccc(C)c5)cc4n(-c4ccc(-c5nc(-c6ccccc6)cc(-c6ccccc6)n5)cc4-c4cc(-c5ccccc5)nc(-c5ccccc5)n4)c3c2)c1. The summed E-state index contributed by atoms with van der Waals surface area (Å²) in [4.78, 5) is 21.3. The topological polar surface area (TPSA) is 56.5 Å². The molecular formula is C64H45N5. The Bertz CT molecular complexity index is 3620. The van der Waals surface area contributed by atoms with Gasteiger partial charge in [-0.1, -0.05) is 205 Å². The minimum Gasteiger partial charge on any atom is -0.309 e. The van der Waals surface area contributed by atoms with Crippen molar-refractivity contribution in [3.05, 3.63) is 248 Å². The van der Waals surface area contributed by atoms with Gasteiger partial charge < -0.3 is 4.57 Å². The molecule has 9 aromatic carbocycles. The highest BCUT2D eigenvalue weighted by molar-refractivity contribution is 6.11.